The molecule has 2 heterocycles. The summed E-state index contributed by atoms with van der Waals surface area (Å²) in [6, 6.07) is 0. The first-order valence-corrected chi connectivity index (χ1v) is 5.09. The summed E-state index contributed by atoms with van der Waals surface area (Å²) in [5.41, 5.74) is -2.07. The van der Waals surface area contributed by atoms with Crippen molar-refractivity contribution in [3.05, 3.63) is 0 Å². The zero-order valence-electron chi connectivity index (χ0n) is 8.49. The summed E-state index contributed by atoms with van der Waals surface area (Å²) < 4.78 is 5.75. The predicted molar refractivity (Wildman–Crippen MR) is 49.8 cm³/mol. The number of ether oxygens (including phenoxy) is 1. The summed E-state index contributed by atoms with van der Waals surface area (Å²) >= 11 is 0. The topological polar surface area (TPSA) is 69.9 Å². The van der Waals surface area contributed by atoms with E-state index in [0.717, 1.165) is 12.8 Å². The van der Waals surface area contributed by atoms with Crippen LogP contribution in [-0.4, -0.2) is 45.3 Å². The number of aliphatic hydroxyl groups is 3. The lowest BCUT2D eigenvalue weighted by molar-refractivity contribution is -0.223. The summed E-state index contributed by atoms with van der Waals surface area (Å²) in [7, 11) is 0. The molecule has 2 saturated heterocycles. The Labute approximate surface area is 83.5 Å². The zero-order chi connectivity index (χ0) is 10.4. The molecule has 4 nitrogen and oxygen atoms in total. The van der Waals surface area contributed by atoms with Crippen molar-refractivity contribution in [2.45, 2.75) is 49.4 Å². The van der Waals surface area contributed by atoms with Gasteiger partial charge in [0.25, 0.3) is 0 Å². The minimum Gasteiger partial charge on any atom is -0.393 e. The van der Waals surface area contributed by atoms with Crippen LogP contribution in [-0.2, 0) is 4.74 Å². The fraction of sp³-hybridized carbons (Fsp3) is 1.00. The van der Waals surface area contributed by atoms with Crippen molar-refractivity contribution in [1.29, 1.82) is 0 Å². The van der Waals surface area contributed by atoms with Crippen LogP contribution < -0.4 is 0 Å². The van der Waals surface area contributed by atoms with Gasteiger partial charge in [-0.05, 0) is 19.8 Å². The van der Waals surface area contributed by atoms with Crippen LogP contribution in [0.2, 0.25) is 0 Å². The van der Waals surface area contributed by atoms with Gasteiger partial charge < -0.3 is 20.1 Å². The van der Waals surface area contributed by atoms with Gasteiger partial charge in [-0.1, -0.05) is 0 Å². The fourth-order valence-electron chi connectivity index (χ4n) is 3.05. The molecule has 0 saturated carbocycles. The van der Waals surface area contributed by atoms with Crippen molar-refractivity contribution in [1.82, 2.24) is 0 Å². The predicted octanol–water partition coefficient (Wildman–Crippen LogP) is -0.196. The van der Waals surface area contributed by atoms with E-state index in [1.165, 1.54) is 0 Å². The van der Waals surface area contributed by atoms with Gasteiger partial charge in [-0.3, -0.25) is 0 Å². The molecule has 3 N–H and O–H groups in total. The van der Waals surface area contributed by atoms with E-state index in [0.29, 0.717) is 12.8 Å². The van der Waals surface area contributed by atoms with Crippen LogP contribution in [0.5, 0.6) is 0 Å². The van der Waals surface area contributed by atoms with Gasteiger partial charge >= 0.3 is 0 Å². The van der Waals surface area contributed by atoms with Gasteiger partial charge in [0.2, 0.25) is 0 Å². The lowest BCUT2D eigenvalue weighted by atomic mass is 9.81. The number of fused-ring (bicyclic) bond motifs is 2. The normalized spacial score (nSPS) is 52.3. The molecule has 0 radical (unpaired) electrons. The molecule has 0 aromatic heterocycles. The second-order valence-electron chi connectivity index (χ2n) is 5.13. The van der Waals surface area contributed by atoms with E-state index in [9.17, 15) is 15.3 Å². The lowest BCUT2D eigenvalue weighted by Crippen LogP contribution is -2.54. The van der Waals surface area contributed by atoms with Crippen LogP contribution in [0.4, 0.5) is 0 Å². The zero-order valence-corrected chi connectivity index (χ0v) is 8.49. The maximum absolute atomic E-state index is 10.0. The first kappa shape index (κ1) is 10.4. The Morgan fingerprint density at radius 3 is 1.86 bits per heavy atom. The van der Waals surface area contributed by atoms with Crippen molar-refractivity contribution in [3.63, 3.8) is 0 Å². The Kier molecular flexibility index (Phi) is 2.16. The summed E-state index contributed by atoms with van der Waals surface area (Å²) in [6.07, 6.45) is 2.36. The first-order chi connectivity index (χ1) is 6.45. The van der Waals surface area contributed by atoms with E-state index < -0.39 is 16.8 Å². The molecule has 2 aliphatic rings. The highest BCUT2D eigenvalue weighted by Crippen LogP contribution is 2.51. The Balaban J connectivity index is 2.27. The van der Waals surface area contributed by atoms with E-state index in [1.54, 1.807) is 6.92 Å². The molecule has 2 rings (SSSR count). The van der Waals surface area contributed by atoms with E-state index in [2.05, 4.69) is 0 Å². The standard InChI is InChI=1S/C10H18O4/c1-8(13)4-9(6-11)2-3-10(5-8,7-12)14-9/h11-13H,2-7H2,1H3/t8-,9+,10-. The van der Waals surface area contributed by atoms with Crippen LogP contribution in [0.1, 0.15) is 32.6 Å². The van der Waals surface area contributed by atoms with E-state index >= 15 is 0 Å². The average molecular weight is 202 g/mol. The molecule has 2 aliphatic heterocycles. The van der Waals surface area contributed by atoms with Crippen LogP contribution in [0.3, 0.4) is 0 Å². The van der Waals surface area contributed by atoms with Gasteiger partial charge in [-0.15, -0.1) is 0 Å². The second-order valence-corrected chi connectivity index (χ2v) is 5.13. The molecule has 2 bridgehead atoms. The third kappa shape index (κ3) is 1.46. The number of aliphatic hydroxyl groups excluding tert-OH is 2. The highest BCUT2D eigenvalue weighted by molar-refractivity contribution is 5.08. The van der Waals surface area contributed by atoms with Crippen molar-refractivity contribution in [3.8, 4) is 0 Å². The van der Waals surface area contributed by atoms with Gasteiger partial charge in [0.15, 0.2) is 0 Å². The van der Waals surface area contributed by atoms with Crippen molar-refractivity contribution in [2.75, 3.05) is 13.2 Å². The van der Waals surface area contributed by atoms with Gasteiger partial charge in [0, 0.05) is 12.8 Å². The maximum Gasteiger partial charge on any atom is 0.0949 e. The molecule has 0 aliphatic carbocycles. The maximum atomic E-state index is 10.0. The van der Waals surface area contributed by atoms with Crippen LogP contribution >= 0.6 is 0 Å². The van der Waals surface area contributed by atoms with Crippen LogP contribution in [0, 0.1) is 0 Å². The van der Waals surface area contributed by atoms with Crippen molar-refractivity contribution < 1.29 is 20.1 Å². The number of hydrogen-bond donors (Lipinski definition) is 3. The number of hydrogen-bond acceptors (Lipinski definition) is 4. The summed E-state index contributed by atoms with van der Waals surface area (Å²) in [5.74, 6) is 0. The summed E-state index contributed by atoms with van der Waals surface area (Å²) in [4.78, 5) is 0. The second kappa shape index (κ2) is 2.92. The Morgan fingerprint density at radius 1 is 1.07 bits per heavy atom. The molecule has 0 amide bonds. The molecule has 0 unspecified atom stereocenters. The van der Waals surface area contributed by atoms with E-state index in [4.69, 9.17) is 4.74 Å². The molecule has 0 spiro atoms. The lowest BCUT2D eigenvalue weighted by Gasteiger charge is -2.45. The minimum absolute atomic E-state index is 0.0785. The molecule has 2 fully saturated rings. The minimum atomic E-state index is -0.833. The van der Waals surface area contributed by atoms with Crippen LogP contribution in [0.25, 0.3) is 0 Å². The molecule has 3 atom stereocenters. The SMILES string of the molecule is C[C@@]1(O)C[C@]2(CO)CC[C@](CO)(C1)O2. The molecule has 4 heteroatoms. The fourth-order valence-corrected chi connectivity index (χ4v) is 3.05. The molecular weight excluding hydrogens is 184 g/mol. The van der Waals surface area contributed by atoms with E-state index in [-0.39, 0.29) is 13.2 Å². The summed E-state index contributed by atoms with van der Waals surface area (Å²) in [6.45, 7) is 1.59. The third-order valence-electron chi connectivity index (χ3n) is 3.45. The van der Waals surface area contributed by atoms with E-state index in [1.807, 2.05) is 0 Å². The quantitative estimate of drug-likeness (QED) is 0.580. The molecule has 0 aromatic rings. The van der Waals surface area contributed by atoms with Gasteiger partial charge in [0.1, 0.15) is 0 Å². The molecule has 82 valence electrons. The van der Waals surface area contributed by atoms with Gasteiger partial charge in [-0.2, -0.15) is 0 Å². The van der Waals surface area contributed by atoms with Gasteiger partial charge in [0.05, 0.1) is 30.0 Å². The average Bonchev–Trinajstić information content (AvgIpc) is 2.40. The Bertz CT molecular complexity index is 218. The molecule has 14 heavy (non-hydrogen) atoms. The van der Waals surface area contributed by atoms with Crippen LogP contribution in [0.15, 0.2) is 0 Å². The Morgan fingerprint density at radius 2 is 1.50 bits per heavy atom. The molecule has 0 aromatic carbocycles. The smallest absolute Gasteiger partial charge is 0.0949 e. The highest BCUT2D eigenvalue weighted by atomic mass is 16.6. The van der Waals surface area contributed by atoms with Crippen molar-refractivity contribution >= 4 is 0 Å². The largest absolute Gasteiger partial charge is 0.393 e. The highest BCUT2D eigenvalue weighted by Gasteiger charge is 2.58. The van der Waals surface area contributed by atoms with Crippen molar-refractivity contribution in [2.24, 2.45) is 0 Å². The third-order valence-corrected chi connectivity index (χ3v) is 3.45. The van der Waals surface area contributed by atoms with Gasteiger partial charge in [-0.25, -0.2) is 0 Å². The Hall–Kier alpha value is -0.160. The molecular formula is C10H18O4. The summed E-state index contributed by atoms with van der Waals surface area (Å²) in [5, 5.41) is 28.6. The first-order valence-electron chi connectivity index (χ1n) is 5.09. The number of rotatable bonds is 2. The monoisotopic (exact) mass is 202 g/mol.